The Morgan fingerprint density at radius 1 is 1.12 bits per heavy atom. The number of methoxy groups -OCH3 is 2. The van der Waals surface area contributed by atoms with Crippen LogP contribution in [0.2, 0.25) is 5.02 Å². The number of carbonyl (C=O) groups is 7. The highest BCUT2D eigenvalue weighted by Gasteiger charge is 2.64. The van der Waals surface area contributed by atoms with E-state index in [4.69, 9.17) is 35.3 Å². The number of hydrogen-bond acceptors (Lipinski definition) is 14. The summed E-state index contributed by atoms with van der Waals surface area (Å²) in [4.78, 5) is 97.2. The highest BCUT2D eigenvalue weighted by molar-refractivity contribution is 14.1. The molecular formula is C47H63ClIN5O13S. The largest absolute Gasteiger partial charge is 0.495 e. The van der Waals surface area contributed by atoms with Gasteiger partial charge in [0.15, 0.2) is 5.72 Å². The number of thioether (sulfide) groups is 1. The summed E-state index contributed by atoms with van der Waals surface area (Å²) < 4.78 is 32.1. The topological polar surface area (TPSA) is 223 Å². The molecule has 9 atom stereocenters. The van der Waals surface area contributed by atoms with Gasteiger partial charge in [0.2, 0.25) is 29.5 Å². The number of imide groups is 1. The van der Waals surface area contributed by atoms with Crippen molar-refractivity contribution in [2.24, 2.45) is 17.8 Å². The predicted molar refractivity (Wildman–Crippen MR) is 261 cm³/mol. The summed E-state index contributed by atoms with van der Waals surface area (Å²) in [5.74, 6) is -2.20. The fraction of sp³-hybridized carbons (Fsp3) is 0.638. The number of fused-ring (bicyclic) bond motifs is 5. The van der Waals surface area contributed by atoms with E-state index < -0.39 is 76.8 Å². The molecule has 68 heavy (non-hydrogen) atoms. The molecule has 6 unspecified atom stereocenters. The fourth-order valence-electron chi connectivity index (χ4n) is 9.60. The molecule has 3 saturated heterocycles. The molecule has 0 spiro atoms. The number of halogens is 2. The number of amides is 6. The Morgan fingerprint density at radius 2 is 1.82 bits per heavy atom. The number of allylic oxidation sites excluding steroid dienone is 3. The first kappa shape index (κ1) is 53.4. The van der Waals surface area contributed by atoms with Crippen molar-refractivity contribution >= 4 is 93.5 Å². The van der Waals surface area contributed by atoms with E-state index in [1.165, 1.54) is 54.7 Å². The van der Waals surface area contributed by atoms with Crippen molar-refractivity contribution in [2.45, 2.75) is 133 Å². The van der Waals surface area contributed by atoms with E-state index in [2.05, 4.69) is 8.85 Å². The van der Waals surface area contributed by atoms with Gasteiger partial charge in [-0.2, -0.15) is 0 Å². The Labute approximate surface area is 420 Å². The quantitative estimate of drug-likeness (QED) is 0.0821. The number of hydrogen-bond donors (Lipinski definition) is 3. The Kier molecular flexibility index (Phi) is 17.6. The first-order valence-electron chi connectivity index (χ1n) is 22.9. The molecule has 3 N–H and O–H groups in total. The van der Waals surface area contributed by atoms with Crippen molar-refractivity contribution in [2.75, 3.05) is 45.5 Å². The van der Waals surface area contributed by atoms with Crippen molar-refractivity contribution < 1.29 is 62.4 Å². The predicted octanol–water partition coefficient (Wildman–Crippen LogP) is 5.04. The molecule has 1 saturated carbocycles. The summed E-state index contributed by atoms with van der Waals surface area (Å²) in [6.45, 7) is 7.19. The normalized spacial score (nSPS) is 32.7. The van der Waals surface area contributed by atoms with Crippen molar-refractivity contribution in [3.63, 3.8) is 0 Å². The molecule has 4 bridgehead atoms. The highest BCUT2D eigenvalue weighted by atomic mass is 127. The van der Waals surface area contributed by atoms with E-state index in [-0.39, 0.29) is 66.0 Å². The summed E-state index contributed by atoms with van der Waals surface area (Å²) in [7, 11) is 5.90. The first-order valence-corrected chi connectivity index (χ1v) is 25.4. The summed E-state index contributed by atoms with van der Waals surface area (Å²) in [6, 6.07) is 2.42. The van der Waals surface area contributed by atoms with E-state index in [0.29, 0.717) is 37.2 Å². The van der Waals surface area contributed by atoms with Crippen LogP contribution in [0, 0.1) is 17.8 Å². The number of aliphatic hydroxyl groups is 1. The van der Waals surface area contributed by atoms with Crippen molar-refractivity contribution in [3.8, 4) is 5.75 Å². The van der Waals surface area contributed by atoms with Gasteiger partial charge in [-0.3, -0.25) is 37.7 Å². The number of epoxide rings is 1. The molecule has 5 aliphatic rings. The van der Waals surface area contributed by atoms with E-state index in [9.17, 15) is 38.7 Å². The number of nitrogens with zero attached hydrogens (tertiary/aromatic N) is 3. The van der Waals surface area contributed by atoms with Crippen LogP contribution in [0.25, 0.3) is 0 Å². The molecule has 4 heterocycles. The molecule has 6 rings (SSSR count). The summed E-state index contributed by atoms with van der Waals surface area (Å²) >= 11 is 9.87. The fourth-order valence-corrected chi connectivity index (χ4v) is 11.5. The van der Waals surface area contributed by atoms with Crippen LogP contribution >= 0.6 is 46.2 Å². The third-order valence-electron chi connectivity index (χ3n) is 14.1. The minimum Gasteiger partial charge on any atom is -0.495 e. The zero-order valence-corrected chi connectivity index (χ0v) is 43.4. The Hall–Kier alpha value is -3.96. The van der Waals surface area contributed by atoms with Gasteiger partial charge in [0.25, 0.3) is 0 Å². The van der Waals surface area contributed by atoms with Gasteiger partial charge in [0.1, 0.15) is 40.7 Å². The smallest absolute Gasteiger partial charge is 0.409 e. The number of alkyl carbamates (subject to hydrolysis) is 1. The molecule has 0 aromatic heterocycles. The molecule has 4 fully saturated rings. The van der Waals surface area contributed by atoms with Crippen LogP contribution in [0.1, 0.15) is 84.6 Å². The third-order valence-corrected chi connectivity index (χ3v) is 16.2. The first-order chi connectivity index (χ1) is 32.1. The lowest BCUT2D eigenvalue weighted by Gasteiger charge is -2.42. The standard InChI is InChI=1S/C47H63ClIN5O13S/c1-25-10-9-11-35(64-8)47(62)23-33(65-45(61)50-47)26(2)41-46(4,67-41)36(22-38(56)53(6)31-19-29(18-25)20-32(63-7)40(31)48)66-44(60)27(3)52(5)37(55)16-17-68-34-21-39(57)54(43(34)59)24-28-12-14-30(15-13-28)42(58)51-49/h9-11,19-20,26-28,30,33-36,41,62H,12-18,21-24H2,1-8H3,(H,50,61)(H,51,58)/b11-9+,25-10+/t26-,27+,28?,30?,33?,34?,35?,36+,41?,46?,47?/m1/s1. The monoisotopic (exact) mass is 1100 g/mol. The number of esters is 1. The van der Waals surface area contributed by atoms with Crippen LogP contribution in [0.15, 0.2) is 35.9 Å². The lowest BCUT2D eigenvalue weighted by atomic mass is 9.81. The number of nitrogens with one attached hydrogen (secondary N) is 2. The van der Waals surface area contributed by atoms with E-state index >= 15 is 0 Å². The summed E-state index contributed by atoms with van der Waals surface area (Å²) in [6.07, 6.45) is 3.37. The molecular weight excluding hydrogens is 1040 g/mol. The molecule has 18 nitrogen and oxygen atoms in total. The Balaban J connectivity index is 1.15. The van der Waals surface area contributed by atoms with E-state index in [1.54, 1.807) is 45.2 Å². The number of carbonyl (C=O) groups excluding carboxylic acids is 7. The number of likely N-dealkylation sites (tertiary alicyclic amines) is 1. The van der Waals surface area contributed by atoms with Gasteiger partial charge < -0.3 is 38.6 Å². The molecule has 1 aliphatic carbocycles. The van der Waals surface area contributed by atoms with E-state index in [1.807, 2.05) is 35.9 Å². The number of anilines is 1. The molecule has 374 valence electrons. The maximum atomic E-state index is 14.3. The minimum absolute atomic E-state index is 0.000319. The van der Waals surface area contributed by atoms with Crippen LogP contribution < -0.4 is 18.5 Å². The van der Waals surface area contributed by atoms with Crippen LogP contribution in [0.5, 0.6) is 5.75 Å². The van der Waals surface area contributed by atoms with Gasteiger partial charge >= 0.3 is 12.1 Å². The molecule has 0 radical (unpaired) electrons. The SMILES string of the molecule is COc1cc2cc(c1Cl)N(C)C(=O)C[C@H](OC(=O)[C@H](C)N(C)C(=O)CCSC1CC(=O)N(CC3CCC(C(=O)NI)CC3)C1=O)C1(C)OC1[C@H](C)C1CC(O)(NC(=O)O1)C(OC)/C=C/C=C(\C)C2. The van der Waals surface area contributed by atoms with Crippen molar-refractivity contribution in [1.82, 2.24) is 18.6 Å². The van der Waals surface area contributed by atoms with Crippen molar-refractivity contribution in [1.29, 1.82) is 0 Å². The average Bonchev–Trinajstić information content (AvgIpc) is 3.94. The van der Waals surface area contributed by atoms with Crippen LogP contribution in [0.4, 0.5) is 10.5 Å². The maximum Gasteiger partial charge on any atom is 0.409 e. The van der Waals surface area contributed by atoms with Gasteiger partial charge in [0.05, 0.1) is 53.4 Å². The lowest BCUT2D eigenvalue weighted by molar-refractivity contribution is -0.162. The number of likely N-dealkylation sites (N-methyl/N-ethyl adjacent to an activating group) is 1. The second-order valence-corrected chi connectivity index (χ2v) is 21.0. The third kappa shape index (κ3) is 12.0. The summed E-state index contributed by atoms with van der Waals surface area (Å²) in [5.41, 5.74) is -1.14. The Morgan fingerprint density at radius 3 is 2.49 bits per heavy atom. The average molecular weight is 1100 g/mol. The second kappa shape index (κ2) is 22.4. The van der Waals surface area contributed by atoms with Crippen LogP contribution in [-0.4, -0.2) is 144 Å². The molecule has 1 aromatic carbocycles. The maximum absolute atomic E-state index is 14.3. The molecule has 21 heteroatoms. The molecule has 4 aliphatic heterocycles. The molecule has 6 amide bonds. The summed E-state index contributed by atoms with van der Waals surface area (Å²) in [5, 5.41) is 13.9. The minimum atomic E-state index is -1.87. The van der Waals surface area contributed by atoms with Crippen LogP contribution in [0.3, 0.4) is 0 Å². The zero-order chi connectivity index (χ0) is 49.8. The van der Waals surface area contributed by atoms with Crippen LogP contribution in [-0.2, 0) is 54.1 Å². The number of benzene rings is 1. The number of rotatable bonds is 12. The Bertz CT molecular complexity index is 2190. The van der Waals surface area contributed by atoms with Gasteiger partial charge in [0, 0.05) is 64.6 Å². The number of ether oxygens (including phenoxy) is 5. The van der Waals surface area contributed by atoms with Crippen molar-refractivity contribution in [3.05, 3.63) is 46.5 Å². The van der Waals surface area contributed by atoms with E-state index in [0.717, 1.165) is 24.0 Å². The molecule has 1 aromatic rings. The lowest BCUT2D eigenvalue weighted by Crippen LogP contribution is -2.63. The van der Waals surface area contributed by atoms with Gasteiger partial charge in [-0.15, -0.1) is 11.8 Å². The van der Waals surface area contributed by atoms with Gasteiger partial charge in [-0.05, 0) is 76.5 Å². The highest BCUT2D eigenvalue weighted by Crippen LogP contribution is 2.49. The van der Waals surface area contributed by atoms with Gasteiger partial charge in [-0.1, -0.05) is 42.3 Å². The second-order valence-electron chi connectivity index (χ2n) is 18.7. The van der Waals surface area contributed by atoms with Gasteiger partial charge in [-0.25, -0.2) is 9.59 Å². The zero-order valence-electron chi connectivity index (χ0n) is 39.7.